The maximum absolute atomic E-state index is 12.3. The Morgan fingerprint density at radius 1 is 1.12 bits per heavy atom. The molecule has 7 heteroatoms. The highest BCUT2D eigenvalue weighted by Gasteiger charge is 2.10. The summed E-state index contributed by atoms with van der Waals surface area (Å²) in [5.74, 6) is -0.0952. The third kappa shape index (κ3) is 4.04. The van der Waals surface area contributed by atoms with E-state index in [0.717, 1.165) is 38.5 Å². The predicted octanol–water partition coefficient (Wildman–Crippen LogP) is 3.76. The lowest BCUT2D eigenvalue weighted by Gasteiger charge is -2.09. The van der Waals surface area contributed by atoms with Crippen LogP contribution in [0.1, 0.15) is 28.3 Å². The van der Waals surface area contributed by atoms with Crippen LogP contribution in [0.5, 0.6) is 0 Å². The van der Waals surface area contributed by atoms with Crippen molar-refractivity contribution in [3.63, 3.8) is 0 Å². The number of rotatable bonds is 5. The Kier molecular flexibility index (Phi) is 5.27. The van der Waals surface area contributed by atoms with Gasteiger partial charge in [-0.1, -0.05) is 12.1 Å². The number of nitrogens with zero attached hydrogens (tertiary/aromatic N) is 4. The van der Waals surface area contributed by atoms with E-state index < -0.39 is 0 Å². The monoisotopic (exact) mass is 415 g/mol. The molecule has 3 rings (SSSR count). The fourth-order valence-electron chi connectivity index (χ4n) is 2.92. The van der Waals surface area contributed by atoms with Crippen LogP contribution in [-0.4, -0.2) is 25.5 Å². The zero-order valence-corrected chi connectivity index (χ0v) is 17.0. The Hall–Kier alpha value is -2.41. The van der Waals surface area contributed by atoms with Crippen molar-refractivity contribution in [2.75, 3.05) is 5.32 Å². The third-order valence-electron chi connectivity index (χ3n) is 4.23. The predicted molar refractivity (Wildman–Crippen MR) is 105 cm³/mol. The van der Waals surface area contributed by atoms with Crippen LogP contribution in [0.4, 0.5) is 5.69 Å². The smallest absolute Gasteiger partial charge is 0.246 e. The summed E-state index contributed by atoms with van der Waals surface area (Å²) in [6.07, 6.45) is 0. The van der Waals surface area contributed by atoms with E-state index in [2.05, 4.69) is 31.4 Å². The molecule has 3 aromatic rings. The maximum atomic E-state index is 12.3. The molecular weight excluding hydrogens is 394 g/mol. The van der Waals surface area contributed by atoms with Crippen LogP contribution in [0.15, 0.2) is 34.8 Å². The molecule has 1 aromatic carbocycles. The van der Waals surface area contributed by atoms with E-state index in [0.29, 0.717) is 6.54 Å². The molecule has 1 N–H and O–H groups in total. The largest absolute Gasteiger partial charge is 0.324 e. The van der Waals surface area contributed by atoms with Crippen LogP contribution < -0.4 is 5.32 Å². The molecule has 0 spiro atoms. The number of benzene rings is 1. The number of amides is 1. The molecule has 0 unspecified atom stereocenters. The first-order valence-electron chi connectivity index (χ1n) is 8.43. The minimum absolute atomic E-state index is 0.0952. The van der Waals surface area contributed by atoms with Crippen molar-refractivity contribution in [2.24, 2.45) is 0 Å². The summed E-state index contributed by atoms with van der Waals surface area (Å²) >= 11 is 3.55. The Morgan fingerprint density at radius 2 is 1.88 bits per heavy atom. The van der Waals surface area contributed by atoms with E-state index >= 15 is 0 Å². The molecule has 0 saturated heterocycles. The van der Waals surface area contributed by atoms with Crippen LogP contribution >= 0.6 is 15.9 Å². The minimum Gasteiger partial charge on any atom is -0.324 e. The number of halogens is 1. The lowest BCUT2D eigenvalue weighted by molar-refractivity contribution is -0.116. The molecule has 0 atom stereocenters. The van der Waals surface area contributed by atoms with E-state index in [1.165, 1.54) is 0 Å². The second-order valence-corrected chi connectivity index (χ2v) is 7.27. The summed E-state index contributed by atoms with van der Waals surface area (Å²) in [7, 11) is 0. The summed E-state index contributed by atoms with van der Waals surface area (Å²) in [4.78, 5) is 12.3. The Labute approximate surface area is 161 Å². The number of anilines is 1. The molecule has 2 aromatic heterocycles. The van der Waals surface area contributed by atoms with Gasteiger partial charge in [-0.3, -0.25) is 14.2 Å². The van der Waals surface area contributed by atoms with Gasteiger partial charge in [-0.15, -0.1) is 0 Å². The first-order valence-corrected chi connectivity index (χ1v) is 9.22. The van der Waals surface area contributed by atoms with Gasteiger partial charge in [-0.25, -0.2) is 0 Å². The number of hydrogen-bond donors (Lipinski definition) is 1. The molecule has 0 bridgehead atoms. The average Bonchev–Trinajstić information content (AvgIpc) is 3.01. The fourth-order valence-corrected chi connectivity index (χ4v) is 3.20. The van der Waals surface area contributed by atoms with Crippen molar-refractivity contribution in [1.29, 1.82) is 0 Å². The topological polar surface area (TPSA) is 64.7 Å². The molecule has 0 radical (unpaired) electrons. The molecule has 0 aliphatic rings. The lowest BCUT2D eigenvalue weighted by Crippen LogP contribution is -2.20. The molecule has 6 nitrogen and oxygen atoms in total. The molecular formula is C19H22BrN5O. The molecule has 136 valence electrons. The van der Waals surface area contributed by atoms with Crippen molar-refractivity contribution in [3.05, 3.63) is 63.1 Å². The van der Waals surface area contributed by atoms with Crippen LogP contribution in [0, 0.1) is 27.7 Å². The SMILES string of the molecule is Cc1cc(C)n(CC(=O)Nc2cccc(Cn3nc(C)c(Br)c3C)c2)n1. The maximum Gasteiger partial charge on any atom is 0.246 e. The van der Waals surface area contributed by atoms with Crippen molar-refractivity contribution >= 4 is 27.5 Å². The van der Waals surface area contributed by atoms with E-state index in [4.69, 9.17) is 0 Å². The van der Waals surface area contributed by atoms with Gasteiger partial charge < -0.3 is 5.32 Å². The van der Waals surface area contributed by atoms with Gasteiger partial charge in [0.25, 0.3) is 0 Å². The van der Waals surface area contributed by atoms with Crippen LogP contribution in [0.2, 0.25) is 0 Å². The van der Waals surface area contributed by atoms with Gasteiger partial charge in [-0.05, 0) is 67.4 Å². The van der Waals surface area contributed by atoms with E-state index in [1.54, 1.807) is 4.68 Å². The number of carbonyl (C=O) groups is 1. The molecule has 0 saturated carbocycles. The molecule has 26 heavy (non-hydrogen) atoms. The minimum atomic E-state index is -0.0952. The van der Waals surface area contributed by atoms with Gasteiger partial charge in [-0.2, -0.15) is 10.2 Å². The van der Waals surface area contributed by atoms with Gasteiger partial charge in [0.15, 0.2) is 0 Å². The van der Waals surface area contributed by atoms with Crippen molar-refractivity contribution in [3.8, 4) is 0 Å². The number of nitrogens with one attached hydrogen (secondary N) is 1. The van der Waals surface area contributed by atoms with Crippen LogP contribution in [0.3, 0.4) is 0 Å². The summed E-state index contributed by atoms with van der Waals surface area (Å²) in [5.41, 5.74) is 5.79. The van der Waals surface area contributed by atoms with E-state index in [1.807, 2.05) is 62.7 Å². The summed E-state index contributed by atoms with van der Waals surface area (Å²) in [6.45, 7) is 8.73. The second-order valence-electron chi connectivity index (χ2n) is 6.48. The molecule has 0 fully saturated rings. The number of aryl methyl sites for hydroxylation is 3. The van der Waals surface area contributed by atoms with Crippen LogP contribution in [0.25, 0.3) is 0 Å². The molecule has 1 amide bonds. The van der Waals surface area contributed by atoms with Crippen LogP contribution in [-0.2, 0) is 17.9 Å². The second kappa shape index (κ2) is 7.45. The normalized spacial score (nSPS) is 11.0. The fraction of sp³-hybridized carbons (Fsp3) is 0.316. The zero-order valence-electron chi connectivity index (χ0n) is 15.4. The number of carbonyl (C=O) groups excluding carboxylic acids is 1. The molecule has 2 heterocycles. The highest BCUT2D eigenvalue weighted by atomic mass is 79.9. The van der Waals surface area contributed by atoms with Crippen molar-refractivity contribution in [2.45, 2.75) is 40.8 Å². The van der Waals surface area contributed by atoms with Crippen molar-refractivity contribution in [1.82, 2.24) is 19.6 Å². The molecule has 0 aliphatic heterocycles. The lowest BCUT2D eigenvalue weighted by atomic mass is 10.2. The Morgan fingerprint density at radius 3 is 2.50 bits per heavy atom. The number of hydrogen-bond acceptors (Lipinski definition) is 3. The van der Waals surface area contributed by atoms with Gasteiger partial charge in [0.2, 0.25) is 5.91 Å². The quantitative estimate of drug-likeness (QED) is 0.689. The summed E-state index contributed by atoms with van der Waals surface area (Å²) < 4.78 is 4.70. The Balaban J connectivity index is 1.70. The average molecular weight is 416 g/mol. The van der Waals surface area contributed by atoms with Gasteiger partial charge in [0.05, 0.1) is 28.1 Å². The van der Waals surface area contributed by atoms with Gasteiger partial charge in [0.1, 0.15) is 6.54 Å². The van der Waals surface area contributed by atoms with E-state index in [-0.39, 0.29) is 12.5 Å². The first kappa shape index (κ1) is 18.4. The zero-order chi connectivity index (χ0) is 18.8. The first-order chi connectivity index (χ1) is 12.3. The molecule has 0 aliphatic carbocycles. The highest BCUT2D eigenvalue weighted by Crippen LogP contribution is 2.21. The summed E-state index contributed by atoms with van der Waals surface area (Å²) in [6, 6.07) is 9.79. The highest BCUT2D eigenvalue weighted by molar-refractivity contribution is 9.10. The Bertz CT molecular complexity index is 957. The van der Waals surface area contributed by atoms with Crippen molar-refractivity contribution < 1.29 is 4.79 Å². The van der Waals surface area contributed by atoms with Gasteiger partial charge >= 0.3 is 0 Å². The standard InChI is InChI=1S/C19H22BrN5O/c1-12-8-13(2)24(22-12)11-18(26)21-17-7-5-6-16(9-17)10-25-15(4)19(20)14(3)23-25/h5-9H,10-11H2,1-4H3,(H,21,26). The third-order valence-corrected chi connectivity index (χ3v) is 5.38. The van der Waals surface area contributed by atoms with Gasteiger partial charge in [0, 0.05) is 11.4 Å². The summed E-state index contributed by atoms with van der Waals surface area (Å²) in [5, 5.41) is 11.8. The van der Waals surface area contributed by atoms with E-state index in [9.17, 15) is 4.79 Å². The number of aromatic nitrogens is 4.